The Labute approximate surface area is 133 Å². The number of hydrogen-bond acceptors (Lipinski definition) is 5. The van der Waals surface area contributed by atoms with Crippen LogP contribution >= 0.6 is 23.1 Å². The van der Waals surface area contributed by atoms with E-state index in [1.165, 1.54) is 0 Å². The molecule has 4 nitrogen and oxygen atoms in total. The normalized spacial score (nSPS) is 11.9. The molecule has 0 saturated heterocycles. The summed E-state index contributed by atoms with van der Waals surface area (Å²) in [5.74, 6) is -0.209. The van der Waals surface area contributed by atoms with Crippen LogP contribution in [0.5, 0.6) is 0 Å². The van der Waals surface area contributed by atoms with Gasteiger partial charge in [0.25, 0.3) is 0 Å². The first kappa shape index (κ1) is 17.0. The van der Waals surface area contributed by atoms with E-state index in [-0.39, 0.29) is 5.75 Å². The molecule has 120 valence electrons. The number of carbonyl (C=O) groups is 1. The molecule has 1 amide bonds. The molecule has 2 heterocycles. The molecule has 0 atom stereocenters. The van der Waals surface area contributed by atoms with Crippen LogP contribution in [-0.4, -0.2) is 34.3 Å². The molecule has 2 rings (SSSR count). The number of hydrogen-bond donors (Lipinski definition) is 1. The maximum Gasteiger partial charge on any atom is 0.405 e. The molecule has 0 spiro atoms. The molecule has 22 heavy (non-hydrogen) atoms. The Balaban J connectivity index is 2.13. The minimum atomic E-state index is -4.40. The summed E-state index contributed by atoms with van der Waals surface area (Å²) >= 11 is 2.67. The summed E-state index contributed by atoms with van der Waals surface area (Å²) in [7, 11) is 0. The molecule has 1 N–H and O–H groups in total. The Bertz CT molecular complexity index is 713. The highest BCUT2D eigenvalue weighted by molar-refractivity contribution is 8.00. The van der Waals surface area contributed by atoms with E-state index in [4.69, 9.17) is 0 Å². The van der Waals surface area contributed by atoms with Crippen molar-refractivity contribution in [3.8, 4) is 0 Å². The largest absolute Gasteiger partial charge is 0.405 e. The zero-order valence-electron chi connectivity index (χ0n) is 12.2. The molecule has 0 unspecified atom stereocenters. The van der Waals surface area contributed by atoms with E-state index in [0.29, 0.717) is 10.9 Å². The third-order valence-corrected chi connectivity index (χ3v) is 5.01. The number of aryl methyl sites for hydroxylation is 3. The van der Waals surface area contributed by atoms with Gasteiger partial charge < -0.3 is 5.32 Å². The summed E-state index contributed by atoms with van der Waals surface area (Å²) in [5, 5.41) is 3.36. The second-order valence-corrected chi connectivity index (χ2v) is 6.89. The third kappa shape index (κ3) is 4.10. The fraction of sp³-hybridized carbons (Fsp3) is 0.462. The van der Waals surface area contributed by atoms with Gasteiger partial charge in [-0.15, -0.1) is 11.3 Å². The van der Waals surface area contributed by atoms with E-state index in [0.717, 1.165) is 32.4 Å². The Morgan fingerprint density at radius 2 is 1.95 bits per heavy atom. The van der Waals surface area contributed by atoms with Gasteiger partial charge in [-0.2, -0.15) is 13.2 Å². The van der Waals surface area contributed by atoms with Crippen molar-refractivity contribution in [3.05, 3.63) is 16.3 Å². The Morgan fingerprint density at radius 1 is 1.27 bits per heavy atom. The summed E-state index contributed by atoms with van der Waals surface area (Å²) < 4.78 is 36.2. The van der Waals surface area contributed by atoms with Crippen LogP contribution in [0, 0.1) is 20.8 Å². The van der Waals surface area contributed by atoms with Crippen molar-refractivity contribution in [3.63, 3.8) is 0 Å². The molecule has 9 heteroatoms. The lowest BCUT2D eigenvalue weighted by Crippen LogP contribution is -2.34. The Morgan fingerprint density at radius 3 is 2.59 bits per heavy atom. The molecule has 2 aromatic rings. The van der Waals surface area contributed by atoms with Gasteiger partial charge in [0.15, 0.2) is 0 Å². The lowest BCUT2D eigenvalue weighted by molar-refractivity contribution is -0.136. The van der Waals surface area contributed by atoms with Crippen LogP contribution in [0.4, 0.5) is 13.2 Å². The average Bonchev–Trinajstić information content (AvgIpc) is 2.68. The number of thioether (sulfide) groups is 1. The highest BCUT2D eigenvalue weighted by atomic mass is 32.2. The van der Waals surface area contributed by atoms with Crippen LogP contribution in [0.3, 0.4) is 0 Å². The number of amides is 1. The van der Waals surface area contributed by atoms with E-state index in [1.807, 2.05) is 19.2 Å². The number of rotatable bonds is 4. The number of fused-ring (bicyclic) bond motifs is 1. The molecule has 0 radical (unpaired) electrons. The summed E-state index contributed by atoms with van der Waals surface area (Å²) in [6, 6.07) is 0. The molecule has 0 aromatic carbocycles. The van der Waals surface area contributed by atoms with E-state index in [1.54, 1.807) is 18.3 Å². The van der Waals surface area contributed by atoms with Gasteiger partial charge in [-0.1, -0.05) is 11.8 Å². The van der Waals surface area contributed by atoms with E-state index >= 15 is 0 Å². The van der Waals surface area contributed by atoms with Crippen molar-refractivity contribution in [2.75, 3.05) is 12.3 Å². The molecule has 0 aliphatic heterocycles. The maximum absolute atomic E-state index is 12.1. The van der Waals surface area contributed by atoms with E-state index in [9.17, 15) is 18.0 Å². The molecule has 0 saturated carbocycles. The molecule has 0 aliphatic rings. The minimum Gasteiger partial charge on any atom is -0.346 e. The SMILES string of the molecule is Cc1nc(SCC(=O)NCC(F)(F)F)c2c(C)c(C)sc2n1. The predicted octanol–water partition coefficient (Wildman–Crippen LogP) is 3.39. The number of nitrogens with zero attached hydrogens (tertiary/aromatic N) is 2. The van der Waals surface area contributed by atoms with Crippen molar-refractivity contribution >= 4 is 39.2 Å². The van der Waals surface area contributed by atoms with Crippen LogP contribution in [-0.2, 0) is 4.79 Å². The lowest BCUT2D eigenvalue weighted by Gasteiger charge is -2.08. The van der Waals surface area contributed by atoms with Gasteiger partial charge in [0.05, 0.1) is 5.75 Å². The fourth-order valence-electron chi connectivity index (χ4n) is 1.80. The first-order chi connectivity index (χ1) is 10.2. The molecule has 0 bridgehead atoms. The van der Waals surface area contributed by atoms with Crippen molar-refractivity contribution in [1.82, 2.24) is 15.3 Å². The first-order valence-electron chi connectivity index (χ1n) is 6.38. The van der Waals surface area contributed by atoms with Crippen molar-refractivity contribution in [2.45, 2.75) is 32.0 Å². The van der Waals surface area contributed by atoms with Crippen LogP contribution in [0.2, 0.25) is 0 Å². The number of halogens is 3. The van der Waals surface area contributed by atoms with Crippen molar-refractivity contribution in [2.24, 2.45) is 0 Å². The summed E-state index contributed by atoms with van der Waals surface area (Å²) in [5.41, 5.74) is 1.04. The van der Waals surface area contributed by atoms with Crippen LogP contribution in [0.15, 0.2) is 5.03 Å². The molecule has 0 fully saturated rings. The van der Waals surface area contributed by atoms with Crippen LogP contribution in [0.1, 0.15) is 16.3 Å². The van der Waals surface area contributed by atoms with Gasteiger partial charge in [-0.05, 0) is 26.3 Å². The second kappa shape index (κ2) is 6.41. The maximum atomic E-state index is 12.1. The fourth-order valence-corrected chi connectivity index (χ4v) is 3.90. The summed E-state index contributed by atoms with van der Waals surface area (Å²) in [6.45, 7) is 4.35. The van der Waals surface area contributed by atoms with Gasteiger partial charge in [-0.3, -0.25) is 4.79 Å². The molecule has 2 aromatic heterocycles. The quantitative estimate of drug-likeness (QED) is 0.679. The molecular formula is C13H14F3N3OS2. The number of thiophene rings is 1. The smallest absolute Gasteiger partial charge is 0.346 e. The van der Waals surface area contributed by atoms with Crippen LogP contribution in [0.25, 0.3) is 10.2 Å². The zero-order chi connectivity index (χ0) is 16.5. The Hall–Kier alpha value is -1.35. The zero-order valence-corrected chi connectivity index (χ0v) is 13.8. The van der Waals surface area contributed by atoms with Crippen LogP contribution < -0.4 is 5.32 Å². The van der Waals surface area contributed by atoms with Gasteiger partial charge >= 0.3 is 6.18 Å². The minimum absolute atomic E-state index is 0.115. The van der Waals surface area contributed by atoms with Gasteiger partial charge in [0.2, 0.25) is 5.91 Å². The topological polar surface area (TPSA) is 54.9 Å². The van der Waals surface area contributed by atoms with Gasteiger partial charge in [-0.25, -0.2) is 9.97 Å². The monoisotopic (exact) mass is 349 g/mol. The first-order valence-corrected chi connectivity index (χ1v) is 8.18. The molecular weight excluding hydrogens is 335 g/mol. The van der Waals surface area contributed by atoms with Gasteiger partial charge in [0.1, 0.15) is 22.2 Å². The number of carbonyl (C=O) groups excluding carboxylic acids is 1. The van der Waals surface area contributed by atoms with E-state index < -0.39 is 18.6 Å². The average molecular weight is 349 g/mol. The standard InChI is InChI=1S/C13H14F3N3OS2/c1-6-7(2)22-12-10(6)11(18-8(3)19-12)21-4-9(20)17-5-13(14,15)16/h4-5H2,1-3H3,(H,17,20). The number of aromatic nitrogens is 2. The Kier molecular flexibility index (Phi) is 4.96. The molecule has 0 aliphatic carbocycles. The van der Waals surface area contributed by atoms with Crippen molar-refractivity contribution < 1.29 is 18.0 Å². The second-order valence-electron chi connectivity index (χ2n) is 4.72. The highest BCUT2D eigenvalue weighted by Gasteiger charge is 2.27. The third-order valence-electron chi connectivity index (χ3n) is 2.93. The highest BCUT2D eigenvalue weighted by Crippen LogP contribution is 2.34. The predicted molar refractivity (Wildman–Crippen MR) is 81.4 cm³/mol. The van der Waals surface area contributed by atoms with Gasteiger partial charge in [0, 0.05) is 10.3 Å². The summed E-state index contributed by atoms with van der Waals surface area (Å²) in [6.07, 6.45) is -4.40. The van der Waals surface area contributed by atoms with Crippen molar-refractivity contribution in [1.29, 1.82) is 0 Å². The number of alkyl halides is 3. The number of nitrogens with one attached hydrogen (secondary N) is 1. The van der Waals surface area contributed by atoms with E-state index in [2.05, 4.69) is 9.97 Å². The lowest BCUT2D eigenvalue weighted by atomic mass is 10.2. The summed E-state index contributed by atoms with van der Waals surface area (Å²) in [4.78, 5) is 22.1.